The molecule has 6 nitrogen and oxygen atoms in total. The van der Waals surface area contributed by atoms with E-state index in [4.69, 9.17) is 4.74 Å². The van der Waals surface area contributed by atoms with Crippen molar-refractivity contribution < 1.29 is 14.3 Å². The number of ketones is 1. The zero-order valence-electron chi connectivity index (χ0n) is 11.4. The van der Waals surface area contributed by atoms with Gasteiger partial charge in [-0.3, -0.25) is 4.79 Å². The first-order valence-electron chi connectivity index (χ1n) is 6.43. The number of rotatable bonds is 5. The first-order chi connectivity index (χ1) is 10.7. The first-order valence-corrected chi connectivity index (χ1v) is 7.31. The predicted molar refractivity (Wildman–Crippen MR) is 80.3 cm³/mol. The van der Waals surface area contributed by atoms with E-state index in [1.807, 2.05) is 0 Å². The molecule has 0 radical (unpaired) electrons. The van der Waals surface area contributed by atoms with Crippen LogP contribution in [0.5, 0.6) is 0 Å². The summed E-state index contributed by atoms with van der Waals surface area (Å²) in [5.41, 5.74) is 1.16. The number of esters is 1. The molecular weight excluding hydrogens is 302 g/mol. The Hall–Kier alpha value is -2.80. The van der Waals surface area contributed by atoms with Crippen LogP contribution < -0.4 is 0 Å². The van der Waals surface area contributed by atoms with Crippen LogP contribution in [0.3, 0.4) is 0 Å². The van der Waals surface area contributed by atoms with Gasteiger partial charge in [0.05, 0.1) is 16.1 Å². The SMILES string of the molecule is O=C(OCC(=O)c1cccs1)c1ccc(-n2cncn2)cc1. The number of carbonyl (C=O) groups is 2. The van der Waals surface area contributed by atoms with Crippen LogP contribution >= 0.6 is 11.3 Å². The Bertz CT molecular complexity index is 765. The van der Waals surface area contributed by atoms with Crippen LogP contribution in [0.25, 0.3) is 5.69 Å². The van der Waals surface area contributed by atoms with Gasteiger partial charge in [0.1, 0.15) is 12.7 Å². The van der Waals surface area contributed by atoms with E-state index in [1.165, 1.54) is 17.7 Å². The second kappa shape index (κ2) is 6.31. The Morgan fingerprint density at radius 1 is 1.18 bits per heavy atom. The summed E-state index contributed by atoms with van der Waals surface area (Å²) >= 11 is 1.32. The second-order valence-corrected chi connectivity index (χ2v) is 5.31. The summed E-state index contributed by atoms with van der Waals surface area (Å²) in [4.78, 5) is 28.1. The van der Waals surface area contributed by atoms with Crippen LogP contribution in [0.1, 0.15) is 20.0 Å². The molecule has 0 saturated carbocycles. The molecule has 7 heteroatoms. The van der Waals surface area contributed by atoms with Crippen LogP contribution in [0.2, 0.25) is 0 Å². The Labute approximate surface area is 130 Å². The van der Waals surface area contributed by atoms with E-state index >= 15 is 0 Å². The van der Waals surface area contributed by atoms with Gasteiger partial charge in [0.15, 0.2) is 6.61 Å². The fourth-order valence-corrected chi connectivity index (χ4v) is 2.47. The number of benzene rings is 1. The van der Waals surface area contributed by atoms with Crippen molar-refractivity contribution in [1.82, 2.24) is 14.8 Å². The van der Waals surface area contributed by atoms with Crippen molar-refractivity contribution in [2.75, 3.05) is 6.61 Å². The maximum atomic E-state index is 11.9. The largest absolute Gasteiger partial charge is 0.454 e. The quantitative estimate of drug-likeness (QED) is 0.534. The van der Waals surface area contributed by atoms with E-state index < -0.39 is 5.97 Å². The molecule has 110 valence electrons. The normalized spacial score (nSPS) is 10.4. The highest BCUT2D eigenvalue weighted by Crippen LogP contribution is 2.11. The molecule has 2 aromatic heterocycles. The van der Waals surface area contributed by atoms with Crippen molar-refractivity contribution in [3.05, 3.63) is 64.9 Å². The van der Waals surface area contributed by atoms with E-state index in [0.29, 0.717) is 10.4 Å². The maximum Gasteiger partial charge on any atom is 0.338 e. The van der Waals surface area contributed by atoms with Gasteiger partial charge in [-0.1, -0.05) is 6.07 Å². The Balaban J connectivity index is 1.62. The summed E-state index contributed by atoms with van der Waals surface area (Å²) in [6, 6.07) is 10.2. The Kier molecular flexibility index (Phi) is 4.06. The molecule has 0 amide bonds. The van der Waals surface area contributed by atoms with Gasteiger partial charge in [-0.05, 0) is 35.7 Å². The molecule has 0 aliphatic rings. The van der Waals surface area contributed by atoms with Crippen molar-refractivity contribution in [3.63, 3.8) is 0 Å². The van der Waals surface area contributed by atoms with Crippen molar-refractivity contribution in [1.29, 1.82) is 0 Å². The summed E-state index contributed by atoms with van der Waals surface area (Å²) in [6.07, 6.45) is 2.99. The van der Waals surface area contributed by atoms with Crippen LogP contribution in [0.15, 0.2) is 54.4 Å². The average Bonchev–Trinajstić information content (AvgIpc) is 3.25. The minimum atomic E-state index is -0.532. The van der Waals surface area contributed by atoms with E-state index in [0.717, 1.165) is 5.69 Å². The minimum Gasteiger partial charge on any atom is -0.454 e. The molecule has 0 spiro atoms. The van der Waals surface area contributed by atoms with Crippen LogP contribution in [-0.2, 0) is 4.74 Å². The van der Waals surface area contributed by atoms with E-state index in [-0.39, 0.29) is 12.4 Å². The van der Waals surface area contributed by atoms with E-state index in [2.05, 4.69) is 10.1 Å². The summed E-state index contributed by atoms with van der Waals surface area (Å²) in [5, 5.41) is 5.80. The second-order valence-electron chi connectivity index (χ2n) is 4.36. The van der Waals surface area contributed by atoms with Gasteiger partial charge >= 0.3 is 5.97 Å². The smallest absolute Gasteiger partial charge is 0.338 e. The van der Waals surface area contributed by atoms with Gasteiger partial charge < -0.3 is 4.74 Å². The molecule has 3 aromatic rings. The van der Waals surface area contributed by atoms with Gasteiger partial charge in [0.2, 0.25) is 5.78 Å². The molecule has 0 atom stereocenters. The standard InChI is InChI=1S/C15H11N3O3S/c19-13(14-2-1-7-22-14)8-21-15(20)11-3-5-12(6-4-11)18-10-16-9-17-18/h1-7,9-10H,8H2. The lowest BCUT2D eigenvalue weighted by atomic mass is 10.2. The molecule has 0 aliphatic heterocycles. The number of hydrogen-bond acceptors (Lipinski definition) is 6. The number of thiophene rings is 1. The summed E-state index contributed by atoms with van der Waals surface area (Å²) < 4.78 is 6.61. The van der Waals surface area contributed by atoms with Crippen LogP contribution in [-0.4, -0.2) is 33.1 Å². The van der Waals surface area contributed by atoms with Gasteiger partial charge in [0, 0.05) is 0 Å². The van der Waals surface area contributed by atoms with Crippen molar-refractivity contribution in [2.24, 2.45) is 0 Å². The monoisotopic (exact) mass is 313 g/mol. The topological polar surface area (TPSA) is 74.1 Å². The van der Waals surface area contributed by atoms with Gasteiger partial charge in [0.25, 0.3) is 0 Å². The fraction of sp³-hybridized carbons (Fsp3) is 0.0667. The summed E-state index contributed by atoms with van der Waals surface area (Å²) in [7, 11) is 0. The lowest BCUT2D eigenvalue weighted by Gasteiger charge is -2.05. The number of aromatic nitrogens is 3. The summed E-state index contributed by atoms with van der Waals surface area (Å²) in [5.74, 6) is -0.738. The molecule has 0 N–H and O–H groups in total. The zero-order chi connectivity index (χ0) is 15.4. The lowest BCUT2D eigenvalue weighted by molar-refractivity contribution is 0.0476. The Morgan fingerprint density at radius 2 is 2.00 bits per heavy atom. The summed E-state index contributed by atoms with van der Waals surface area (Å²) in [6.45, 7) is -0.260. The molecule has 2 heterocycles. The van der Waals surface area contributed by atoms with E-state index in [1.54, 1.807) is 52.8 Å². The third kappa shape index (κ3) is 3.09. The number of Topliss-reactive ketones (excluding diaryl/α,β-unsaturated/α-hetero) is 1. The molecule has 1 aromatic carbocycles. The first kappa shape index (κ1) is 14.2. The third-order valence-electron chi connectivity index (χ3n) is 2.92. The van der Waals surface area contributed by atoms with E-state index in [9.17, 15) is 9.59 Å². The highest BCUT2D eigenvalue weighted by atomic mass is 32.1. The molecule has 22 heavy (non-hydrogen) atoms. The number of ether oxygens (including phenoxy) is 1. The van der Waals surface area contributed by atoms with Gasteiger partial charge in [-0.15, -0.1) is 11.3 Å². The van der Waals surface area contributed by atoms with Crippen molar-refractivity contribution in [2.45, 2.75) is 0 Å². The lowest BCUT2D eigenvalue weighted by Crippen LogP contribution is -2.13. The molecule has 0 bridgehead atoms. The Morgan fingerprint density at radius 3 is 2.64 bits per heavy atom. The average molecular weight is 313 g/mol. The maximum absolute atomic E-state index is 11.9. The third-order valence-corrected chi connectivity index (χ3v) is 3.83. The van der Waals surface area contributed by atoms with Crippen LogP contribution in [0.4, 0.5) is 0 Å². The molecule has 3 rings (SSSR count). The van der Waals surface area contributed by atoms with Crippen molar-refractivity contribution in [3.8, 4) is 5.69 Å². The molecule has 0 aliphatic carbocycles. The van der Waals surface area contributed by atoms with Crippen LogP contribution in [0, 0.1) is 0 Å². The highest BCUT2D eigenvalue weighted by molar-refractivity contribution is 7.12. The number of carbonyl (C=O) groups excluding carboxylic acids is 2. The molecule has 0 saturated heterocycles. The van der Waals surface area contributed by atoms with Gasteiger partial charge in [-0.25, -0.2) is 14.5 Å². The van der Waals surface area contributed by atoms with Gasteiger partial charge in [-0.2, -0.15) is 5.10 Å². The molecule has 0 fully saturated rings. The predicted octanol–water partition coefficient (Wildman–Crippen LogP) is 2.37. The molecular formula is C15H11N3O3S. The zero-order valence-corrected chi connectivity index (χ0v) is 12.2. The van der Waals surface area contributed by atoms with Crippen molar-refractivity contribution >= 4 is 23.1 Å². The number of nitrogens with zero attached hydrogens (tertiary/aromatic N) is 3. The fourth-order valence-electron chi connectivity index (χ4n) is 1.81. The molecule has 0 unspecified atom stereocenters. The highest BCUT2D eigenvalue weighted by Gasteiger charge is 2.12. The number of hydrogen-bond donors (Lipinski definition) is 0. The minimum absolute atomic E-state index is 0.206.